The van der Waals surface area contributed by atoms with Gasteiger partial charge in [-0.2, -0.15) is 0 Å². The average Bonchev–Trinajstić information content (AvgIpc) is 3.06. The van der Waals surface area contributed by atoms with E-state index in [1.807, 2.05) is 36.4 Å². The number of rotatable bonds is 3. The van der Waals surface area contributed by atoms with Crippen LogP contribution in [0.15, 0.2) is 48.7 Å². The zero-order valence-electron chi connectivity index (χ0n) is 17.7. The molecule has 0 atom stereocenters. The highest BCUT2D eigenvalue weighted by Crippen LogP contribution is 2.38. The number of carbonyl (C=O) groups is 2. The lowest BCUT2D eigenvalue weighted by molar-refractivity contribution is 0.0218. The molecule has 0 bridgehead atoms. The number of nitrogen functional groups attached to an aromatic ring is 1. The Bertz CT molecular complexity index is 1130. The molecule has 1 aliphatic heterocycles. The molecule has 3 aromatic rings. The Morgan fingerprint density at radius 2 is 1.94 bits per heavy atom. The molecule has 0 spiro atoms. The number of Topliss-reactive ketones (excluding diaryl/α,β-unsaturated/α-hetero) is 1. The van der Waals surface area contributed by atoms with E-state index in [0.717, 1.165) is 11.3 Å². The predicted molar refractivity (Wildman–Crippen MR) is 119 cm³/mol. The van der Waals surface area contributed by atoms with Crippen molar-refractivity contribution in [3.63, 3.8) is 0 Å². The van der Waals surface area contributed by atoms with Gasteiger partial charge in [0.05, 0.1) is 30.0 Å². The molecule has 8 nitrogen and oxygen atoms in total. The Kier molecular flexibility index (Phi) is 5.14. The van der Waals surface area contributed by atoms with Crippen LogP contribution in [0.5, 0.6) is 0 Å². The number of nitrogens with zero attached hydrogens (tertiary/aromatic N) is 2. The van der Waals surface area contributed by atoms with Gasteiger partial charge in [0, 0.05) is 23.1 Å². The number of aromatic amines is 1. The van der Waals surface area contributed by atoms with E-state index in [9.17, 15) is 9.59 Å². The molecular weight excluding hydrogens is 394 g/mol. The van der Waals surface area contributed by atoms with Crippen molar-refractivity contribution in [1.82, 2.24) is 14.9 Å². The lowest BCUT2D eigenvalue weighted by atomic mass is 10.0. The number of H-pyrrole nitrogens is 1. The van der Waals surface area contributed by atoms with Gasteiger partial charge in [-0.1, -0.05) is 18.2 Å². The number of ketones is 1. The fourth-order valence-corrected chi connectivity index (χ4v) is 3.54. The van der Waals surface area contributed by atoms with E-state index in [4.69, 9.17) is 10.5 Å². The van der Waals surface area contributed by atoms with Crippen LogP contribution in [0.3, 0.4) is 0 Å². The summed E-state index contributed by atoms with van der Waals surface area (Å²) in [5, 5.41) is 3.36. The van der Waals surface area contributed by atoms with E-state index in [-0.39, 0.29) is 18.9 Å². The maximum atomic E-state index is 13.1. The van der Waals surface area contributed by atoms with Crippen LogP contribution in [0.25, 0.3) is 11.3 Å². The highest BCUT2D eigenvalue weighted by atomic mass is 16.6. The highest BCUT2D eigenvalue weighted by molar-refractivity contribution is 6.09. The molecule has 4 rings (SSSR count). The second-order valence-electron chi connectivity index (χ2n) is 8.45. The van der Waals surface area contributed by atoms with Gasteiger partial charge >= 0.3 is 6.09 Å². The number of ether oxygens (including phenoxy) is 1. The summed E-state index contributed by atoms with van der Waals surface area (Å²) in [6.45, 7) is 5.57. The van der Waals surface area contributed by atoms with Crippen molar-refractivity contribution in [1.29, 1.82) is 0 Å². The first-order valence-corrected chi connectivity index (χ1v) is 10.0. The third kappa shape index (κ3) is 4.37. The quantitative estimate of drug-likeness (QED) is 0.582. The summed E-state index contributed by atoms with van der Waals surface area (Å²) in [6, 6.07) is 13.2. The molecule has 8 heteroatoms. The van der Waals surface area contributed by atoms with Gasteiger partial charge in [-0.05, 0) is 45.0 Å². The van der Waals surface area contributed by atoms with Gasteiger partial charge < -0.3 is 20.8 Å². The number of pyridine rings is 1. The van der Waals surface area contributed by atoms with Gasteiger partial charge in [-0.25, -0.2) is 9.78 Å². The lowest BCUT2D eigenvalue weighted by Crippen LogP contribution is -2.42. The Hall–Kier alpha value is -3.81. The number of fused-ring (bicyclic) bond motifs is 1. The summed E-state index contributed by atoms with van der Waals surface area (Å²) < 4.78 is 5.45. The third-order valence-electron chi connectivity index (χ3n) is 4.80. The molecular formula is C23H25N5O3. The predicted octanol–water partition coefficient (Wildman–Crippen LogP) is 4.34. The molecule has 2 aromatic heterocycles. The zero-order valence-corrected chi connectivity index (χ0v) is 17.7. The number of benzene rings is 1. The number of carbonyl (C=O) groups excluding carboxylic acids is 2. The summed E-state index contributed by atoms with van der Waals surface area (Å²) in [5.74, 6) is 0.201. The van der Waals surface area contributed by atoms with Gasteiger partial charge in [0.15, 0.2) is 5.78 Å². The first kappa shape index (κ1) is 20.5. The Morgan fingerprint density at radius 1 is 1.19 bits per heavy atom. The van der Waals surface area contributed by atoms with E-state index in [2.05, 4.69) is 15.3 Å². The number of hydrogen-bond donors (Lipinski definition) is 3. The largest absolute Gasteiger partial charge is 0.444 e. The molecule has 0 saturated carbocycles. The second kappa shape index (κ2) is 7.79. The minimum atomic E-state index is -0.643. The number of anilines is 3. The van der Waals surface area contributed by atoms with E-state index in [1.54, 1.807) is 33.0 Å². The Labute approximate surface area is 180 Å². The molecule has 1 amide bonds. The normalized spacial score (nSPS) is 13.6. The Morgan fingerprint density at radius 3 is 2.61 bits per heavy atom. The van der Waals surface area contributed by atoms with Crippen LogP contribution in [0.1, 0.15) is 36.8 Å². The van der Waals surface area contributed by atoms with Crippen molar-refractivity contribution in [3.8, 4) is 11.3 Å². The molecule has 1 aliphatic rings. The summed E-state index contributed by atoms with van der Waals surface area (Å²) >= 11 is 0. The molecule has 31 heavy (non-hydrogen) atoms. The minimum absolute atomic E-state index is 0.0544. The van der Waals surface area contributed by atoms with Crippen molar-refractivity contribution < 1.29 is 14.3 Å². The second-order valence-corrected chi connectivity index (χ2v) is 8.45. The maximum Gasteiger partial charge on any atom is 0.411 e. The number of hydrogen-bond acceptors (Lipinski definition) is 6. The van der Waals surface area contributed by atoms with Gasteiger partial charge in [0.25, 0.3) is 0 Å². The summed E-state index contributed by atoms with van der Waals surface area (Å²) in [6.07, 6.45) is 1.10. The van der Waals surface area contributed by atoms with E-state index in [1.165, 1.54) is 4.90 Å². The smallest absolute Gasteiger partial charge is 0.411 e. The summed E-state index contributed by atoms with van der Waals surface area (Å²) in [7, 11) is 0. The summed E-state index contributed by atoms with van der Waals surface area (Å²) in [5.41, 5.74) is 9.42. The molecule has 0 saturated heterocycles. The van der Waals surface area contributed by atoms with Crippen LogP contribution in [0.2, 0.25) is 0 Å². The van der Waals surface area contributed by atoms with Crippen LogP contribution in [-0.4, -0.2) is 38.9 Å². The molecule has 0 fully saturated rings. The van der Waals surface area contributed by atoms with Crippen molar-refractivity contribution in [2.24, 2.45) is 0 Å². The lowest BCUT2D eigenvalue weighted by Gasteiger charge is -2.29. The van der Waals surface area contributed by atoms with Crippen LogP contribution < -0.4 is 11.1 Å². The van der Waals surface area contributed by atoms with Crippen molar-refractivity contribution in [3.05, 3.63) is 59.9 Å². The van der Waals surface area contributed by atoms with Crippen LogP contribution >= 0.6 is 0 Å². The molecule has 4 N–H and O–H groups in total. The molecule has 3 heterocycles. The van der Waals surface area contributed by atoms with Gasteiger partial charge in [0.2, 0.25) is 0 Å². The third-order valence-corrected chi connectivity index (χ3v) is 4.80. The zero-order chi connectivity index (χ0) is 22.2. The maximum absolute atomic E-state index is 13.1. The first-order valence-electron chi connectivity index (χ1n) is 10.0. The average molecular weight is 419 g/mol. The van der Waals surface area contributed by atoms with Crippen molar-refractivity contribution in [2.75, 3.05) is 17.6 Å². The highest BCUT2D eigenvalue weighted by Gasteiger charge is 2.34. The van der Waals surface area contributed by atoms with Crippen LogP contribution in [0.4, 0.5) is 22.0 Å². The van der Waals surface area contributed by atoms with Crippen molar-refractivity contribution >= 4 is 29.1 Å². The van der Waals surface area contributed by atoms with Gasteiger partial charge in [-0.3, -0.25) is 9.69 Å². The molecule has 1 aromatic carbocycles. The van der Waals surface area contributed by atoms with Gasteiger partial charge in [0.1, 0.15) is 11.4 Å². The van der Waals surface area contributed by atoms with E-state index >= 15 is 0 Å². The standard InChI is InChI=1S/C23H25N5O3/c1-23(2,3)31-22(30)28-12-16-19(17(29)13-28)21(26-15-7-5-4-6-8-15)20(27-16)14-9-10-25-18(24)11-14/h4-11,26-27H,12-13H2,1-3H3,(H2,24,25). The Balaban J connectivity index is 1.76. The molecule has 0 radical (unpaired) electrons. The van der Waals surface area contributed by atoms with Gasteiger partial charge in [-0.15, -0.1) is 0 Å². The monoisotopic (exact) mass is 419 g/mol. The van der Waals surface area contributed by atoms with E-state index < -0.39 is 11.7 Å². The van der Waals surface area contributed by atoms with E-state index in [0.29, 0.717) is 28.5 Å². The fraction of sp³-hybridized carbons (Fsp3) is 0.261. The van der Waals surface area contributed by atoms with Crippen LogP contribution in [0, 0.1) is 0 Å². The number of amides is 1. The SMILES string of the molecule is CC(C)(C)OC(=O)N1CC(=O)c2c([nH]c(-c3ccnc(N)c3)c2Nc2ccccc2)C1. The number of aromatic nitrogens is 2. The summed E-state index contributed by atoms with van der Waals surface area (Å²) in [4.78, 5) is 34.5. The first-order chi connectivity index (χ1) is 14.7. The van der Waals surface area contributed by atoms with Crippen molar-refractivity contribution in [2.45, 2.75) is 32.9 Å². The molecule has 0 unspecified atom stereocenters. The van der Waals surface area contributed by atoms with Crippen LogP contribution in [-0.2, 0) is 11.3 Å². The number of para-hydroxylation sites is 1. The molecule has 160 valence electrons. The number of nitrogens with two attached hydrogens (primary N) is 1. The number of nitrogens with one attached hydrogen (secondary N) is 2. The fourth-order valence-electron chi connectivity index (χ4n) is 3.54. The minimum Gasteiger partial charge on any atom is -0.444 e. The topological polar surface area (TPSA) is 113 Å². The molecule has 0 aliphatic carbocycles.